The third-order valence-corrected chi connectivity index (χ3v) is 3.62. The first-order valence-electron chi connectivity index (χ1n) is 7.07. The van der Waals surface area contributed by atoms with Gasteiger partial charge in [0.1, 0.15) is 5.70 Å². The molecule has 5 nitrogen and oxygen atoms in total. The Hall–Kier alpha value is -1.95. The number of benzene rings is 1. The molecular formula is C16H22N2O3S. The molecule has 0 aliphatic rings. The molecule has 0 aliphatic carbocycles. The van der Waals surface area contributed by atoms with Crippen molar-refractivity contribution in [2.24, 2.45) is 5.92 Å². The van der Waals surface area contributed by atoms with Crippen LogP contribution < -0.4 is 10.6 Å². The van der Waals surface area contributed by atoms with E-state index in [9.17, 15) is 9.59 Å². The summed E-state index contributed by atoms with van der Waals surface area (Å²) in [6.45, 7) is 1.64. The highest BCUT2D eigenvalue weighted by Crippen LogP contribution is 2.12. The Balaban J connectivity index is 2.82. The number of hydrogen-bond acceptors (Lipinski definition) is 4. The van der Waals surface area contributed by atoms with Crippen molar-refractivity contribution in [3.8, 4) is 0 Å². The van der Waals surface area contributed by atoms with Crippen molar-refractivity contribution in [2.75, 3.05) is 7.05 Å². The van der Waals surface area contributed by atoms with Crippen molar-refractivity contribution in [1.82, 2.24) is 10.6 Å². The first-order valence-corrected chi connectivity index (χ1v) is 7.59. The van der Waals surface area contributed by atoms with E-state index in [1.165, 1.54) is 5.41 Å². The first-order chi connectivity index (χ1) is 10.5. The predicted molar refractivity (Wildman–Crippen MR) is 89.6 cm³/mol. The summed E-state index contributed by atoms with van der Waals surface area (Å²) in [7, 11) is 1.63. The summed E-state index contributed by atoms with van der Waals surface area (Å²) in [4.78, 5) is 23.2. The Kier molecular flexibility index (Phi) is 7.52. The van der Waals surface area contributed by atoms with Gasteiger partial charge in [-0.05, 0) is 23.8 Å². The molecule has 0 radical (unpaired) electrons. The van der Waals surface area contributed by atoms with Crippen molar-refractivity contribution in [2.45, 2.75) is 25.8 Å². The van der Waals surface area contributed by atoms with Crippen LogP contribution in [0.2, 0.25) is 0 Å². The molecule has 120 valence electrons. The Morgan fingerprint density at radius 1 is 1.32 bits per heavy atom. The van der Waals surface area contributed by atoms with E-state index in [-0.39, 0.29) is 11.9 Å². The van der Waals surface area contributed by atoms with Crippen molar-refractivity contribution in [3.63, 3.8) is 0 Å². The largest absolute Gasteiger partial charge is 0.481 e. The fourth-order valence-corrected chi connectivity index (χ4v) is 2.37. The van der Waals surface area contributed by atoms with Gasteiger partial charge in [0, 0.05) is 13.1 Å². The molecule has 1 aromatic rings. The van der Waals surface area contributed by atoms with Crippen LogP contribution in [0, 0.1) is 5.92 Å². The molecule has 0 heterocycles. The Labute approximate surface area is 136 Å². The van der Waals surface area contributed by atoms with Gasteiger partial charge >= 0.3 is 5.97 Å². The Morgan fingerprint density at radius 2 is 1.95 bits per heavy atom. The lowest BCUT2D eigenvalue weighted by Gasteiger charge is -2.21. The number of nitrogens with one attached hydrogen (secondary N) is 2. The van der Waals surface area contributed by atoms with E-state index in [0.717, 1.165) is 5.56 Å². The predicted octanol–water partition coefficient (Wildman–Crippen LogP) is 1.82. The molecule has 3 N–H and O–H groups in total. The number of amides is 1. The van der Waals surface area contributed by atoms with Gasteiger partial charge in [-0.3, -0.25) is 9.59 Å². The molecule has 1 unspecified atom stereocenters. The van der Waals surface area contributed by atoms with Crippen LogP contribution in [0.1, 0.15) is 18.9 Å². The van der Waals surface area contributed by atoms with E-state index in [4.69, 9.17) is 5.11 Å². The zero-order chi connectivity index (χ0) is 16.5. The summed E-state index contributed by atoms with van der Waals surface area (Å²) < 4.78 is 0. The Bertz CT molecular complexity index is 531. The lowest BCUT2D eigenvalue weighted by molar-refractivity contribution is -0.141. The van der Waals surface area contributed by atoms with Crippen molar-refractivity contribution < 1.29 is 14.7 Å². The minimum absolute atomic E-state index is 0.266. The zero-order valence-electron chi connectivity index (χ0n) is 12.7. The summed E-state index contributed by atoms with van der Waals surface area (Å²) in [5.74, 6) is -1.70. The van der Waals surface area contributed by atoms with Gasteiger partial charge in [-0.2, -0.15) is 0 Å². The minimum atomic E-state index is -0.870. The van der Waals surface area contributed by atoms with Crippen LogP contribution in [-0.4, -0.2) is 30.1 Å². The molecule has 6 heteroatoms. The standard InChI is InChI=1S/C16H22N2O3S/c1-11(16(20)21)8-13(9-12-6-4-3-5-7-12)18-15(19)14(10-22)17-2/h3-7,10-11,13,17,22H,8-9H2,1-2H3,(H,18,19)(H,20,21)/b14-10-/t11?,13-/m1/s1. The number of carbonyl (C=O) groups excluding carboxylic acids is 1. The van der Waals surface area contributed by atoms with E-state index < -0.39 is 11.9 Å². The second kappa shape index (κ2) is 9.15. The normalized spacial score (nSPS) is 14.0. The van der Waals surface area contributed by atoms with Gasteiger partial charge in [0.15, 0.2) is 0 Å². The molecule has 0 spiro atoms. The SMILES string of the molecule is CN/C(=C\S)C(=O)N[C@@H](Cc1ccccc1)CC(C)C(=O)O. The summed E-state index contributed by atoms with van der Waals surface area (Å²) in [6, 6.07) is 9.40. The van der Waals surface area contributed by atoms with Crippen LogP contribution in [0.3, 0.4) is 0 Å². The van der Waals surface area contributed by atoms with Crippen LogP contribution >= 0.6 is 12.6 Å². The van der Waals surface area contributed by atoms with Crippen molar-refractivity contribution in [1.29, 1.82) is 0 Å². The third-order valence-electron chi connectivity index (χ3n) is 3.36. The molecule has 22 heavy (non-hydrogen) atoms. The van der Waals surface area contributed by atoms with Crippen molar-refractivity contribution >= 4 is 24.5 Å². The fraction of sp³-hybridized carbons (Fsp3) is 0.375. The second-order valence-electron chi connectivity index (χ2n) is 5.13. The number of carbonyl (C=O) groups is 2. The first kappa shape index (κ1) is 18.1. The van der Waals surface area contributed by atoms with Crippen molar-refractivity contribution in [3.05, 3.63) is 47.0 Å². The molecule has 2 atom stereocenters. The van der Waals surface area contributed by atoms with Crippen LogP contribution in [0.4, 0.5) is 0 Å². The van der Waals surface area contributed by atoms with E-state index in [1.807, 2.05) is 30.3 Å². The highest BCUT2D eigenvalue weighted by molar-refractivity contribution is 7.83. The zero-order valence-corrected chi connectivity index (χ0v) is 13.6. The average Bonchev–Trinajstić information content (AvgIpc) is 2.49. The average molecular weight is 322 g/mol. The molecule has 1 amide bonds. The number of likely N-dealkylation sites (N-methyl/N-ethyl adjacent to an activating group) is 1. The highest BCUT2D eigenvalue weighted by Gasteiger charge is 2.21. The minimum Gasteiger partial charge on any atom is -0.481 e. The lowest BCUT2D eigenvalue weighted by Crippen LogP contribution is -2.41. The highest BCUT2D eigenvalue weighted by atomic mass is 32.1. The maximum atomic E-state index is 12.1. The van der Waals surface area contributed by atoms with Crippen LogP contribution in [0.25, 0.3) is 0 Å². The van der Waals surface area contributed by atoms with E-state index in [0.29, 0.717) is 18.5 Å². The molecule has 0 bridgehead atoms. The van der Waals surface area contributed by atoms with Gasteiger partial charge in [0.25, 0.3) is 5.91 Å². The van der Waals surface area contributed by atoms with Gasteiger partial charge < -0.3 is 15.7 Å². The number of carboxylic acid groups (broad SMARTS) is 1. The third kappa shape index (κ3) is 5.81. The molecule has 0 aliphatic heterocycles. The second-order valence-corrected chi connectivity index (χ2v) is 5.39. The maximum absolute atomic E-state index is 12.1. The van der Waals surface area contributed by atoms with Gasteiger partial charge in [-0.25, -0.2) is 0 Å². The number of aliphatic carboxylic acids is 1. The molecule has 1 rings (SSSR count). The van der Waals surface area contributed by atoms with Crippen LogP contribution in [0.15, 0.2) is 41.4 Å². The summed E-state index contributed by atoms with van der Waals surface area (Å²) >= 11 is 3.98. The number of hydrogen-bond donors (Lipinski definition) is 4. The summed E-state index contributed by atoms with van der Waals surface area (Å²) in [5.41, 5.74) is 1.38. The number of thiol groups is 1. The number of carboxylic acids is 1. The maximum Gasteiger partial charge on any atom is 0.306 e. The molecular weight excluding hydrogens is 300 g/mol. The van der Waals surface area contributed by atoms with Gasteiger partial charge in [-0.1, -0.05) is 37.3 Å². The molecule has 0 fully saturated rings. The molecule has 0 saturated heterocycles. The molecule has 1 aromatic carbocycles. The van der Waals surface area contributed by atoms with E-state index >= 15 is 0 Å². The summed E-state index contributed by atoms with van der Waals surface area (Å²) in [5, 5.41) is 16.1. The quantitative estimate of drug-likeness (QED) is 0.435. The van der Waals surface area contributed by atoms with Crippen LogP contribution in [0.5, 0.6) is 0 Å². The van der Waals surface area contributed by atoms with Crippen LogP contribution in [-0.2, 0) is 16.0 Å². The smallest absolute Gasteiger partial charge is 0.306 e. The monoisotopic (exact) mass is 322 g/mol. The van der Waals surface area contributed by atoms with Gasteiger partial charge in [0.05, 0.1) is 5.92 Å². The summed E-state index contributed by atoms with van der Waals surface area (Å²) in [6.07, 6.45) is 0.938. The van der Waals surface area contributed by atoms with E-state index in [1.54, 1.807) is 14.0 Å². The van der Waals surface area contributed by atoms with E-state index in [2.05, 4.69) is 23.3 Å². The molecule has 0 aromatic heterocycles. The molecule has 0 saturated carbocycles. The fourth-order valence-electron chi connectivity index (χ4n) is 2.12. The lowest BCUT2D eigenvalue weighted by atomic mass is 9.96. The van der Waals surface area contributed by atoms with Gasteiger partial charge in [-0.15, -0.1) is 12.6 Å². The number of rotatable bonds is 8. The topological polar surface area (TPSA) is 78.4 Å². The Morgan fingerprint density at radius 3 is 2.45 bits per heavy atom. The van der Waals surface area contributed by atoms with Gasteiger partial charge in [0.2, 0.25) is 0 Å².